The molecule has 1 aliphatic rings. The Morgan fingerprint density at radius 1 is 1.06 bits per heavy atom. The summed E-state index contributed by atoms with van der Waals surface area (Å²) in [6.45, 7) is 5.67. The number of aromatic nitrogens is 2. The molecule has 1 aliphatic heterocycles. The van der Waals surface area contributed by atoms with Crippen molar-refractivity contribution >= 4 is 23.5 Å². The maximum Gasteiger partial charge on any atom is 0.223 e. The van der Waals surface area contributed by atoms with Crippen LogP contribution in [0.2, 0.25) is 0 Å². The van der Waals surface area contributed by atoms with Gasteiger partial charge in [-0.2, -0.15) is 0 Å². The van der Waals surface area contributed by atoms with Crippen LogP contribution in [0.5, 0.6) is 5.75 Å². The number of carbonyl (C=O) groups excluding carboxylic acids is 1. The minimum absolute atomic E-state index is 0.00632. The molecule has 1 saturated heterocycles. The Morgan fingerprint density at radius 2 is 1.73 bits per heavy atom. The lowest BCUT2D eigenvalue weighted by Gasteiger charge is -2.33. The van der Waals surface area contributed by atoms with Crippen LogP contribution in [0.25, 0.3) is 0 Å². The van der Waals surface area contributed by atoms with E-state index in [1.807, 2.05) is 31.2 Å². The molecule has 0 saturated carbocycles. The highest BCUT2D eigenvalue weighted by atomic mass is 32.2. The number of nitrogens with zero attached hydrogens (tertiary/aromatic N) is 3. The first-order valence-corrected chi connectivity index (χ1v) is 12.1. The van der Waals surface area contributed by atoms with E-state index < -0.39 is 0 Å². The molecule has 172 valence electrons. The molecule has 0 aliphatic carbocycles. The van der Waals surface area contributed by atoms with Crippen molar-refractivity contribution in [3.63, 3.8) is 0 Å². The molecule has 1 unspecified atom stereocenters. The van der Waals surface area contributed by atoms with Crippen LogP contribution in [-0.4, -0.2) is 36.1 Å². The van der Waals surface area contributed by atoms with E-state index in [4.69, 9.17) is 4.74 Å². The molecular formula is C26H30N4O2S. The zero-order valence-corrected chi connectivity index (χ0v) is 20.1. The Morgan fingerprint density at radius 3 is 2.39 bits per heavy atom. The number of methoxy groups -OCH3 is 1. The van der Waals surface area contributed by atoms with E-state index >= 15 is 0 Å². The van der Waals surface area contributed by atoms with Gasteiger partial charge in [0.2, 0.25) is 5.91 Å². The van der Waals surface area contributed by atoms with Gasteiger partial charge in [-0.05, 0) is 56.5 Å². The summed E-state index contributed by atoms with van der Waals surface area (Å²) < 4.78 is 5.21. The molecule has 1 amide bonds. The van der Waals surface area contributed by atoms with Gasteiger partial charge in [0.05, 0.1) is 13.2 Å². The third-order valence-corrected chi connectivity index (χ3v) is 7.01. The average Bonchev–Trinajstić information content (AvgIpc) is 2.86. The van der Waals surface area contributed by atoms with Crippen molar-refractivity contribution in [1.29, 1.82) is 0 Å². The van der Waals surface area contributed by atoms with Gasteiger partial charge in [0, 0.05) is 36.3 Å². The van der Waals surface area contributed by atoms with Crippen LogP contribution >= 0.6 is 11.8 Å². The number of hydrogen-bond acceptors (Lipinski definition) is 6. The number of ether oxygens (including phenoxy) is 1. The van der Waals surface area contributed by atoms with Crippen molar-refractivity contribution < 1.29 is 9.53 Å². The van der Waals surface area contributed by atoms with Crippen molar-refractivity contribution in [2.24, 2.45) is 5.92 Å². The summed E-state index contributed by atoms with van der Waals surface area (Å²) in [6.07, 6.45) is 5.07. The number of nitrogens with one attached hydrogen (secondary N) is 1. The molecule has 2 heterocycles. The second-order valence-electron chi connectivity index (χ2n) is 8.36. The number of rotatable bonds is 7. The minimum atomic E-state index is -0.0427. The molecule has 1 fully saturated rings. The maximum absolute atomic E-state index is 12.9. The Labute approximate surface area is 199 Å². The van der Waals surface area contributed by atoms with Gasteiger partial charge in [-0.15, -0.1) is 0 Å². The van der Waals surface area contributed by atoms with Crippen molar-refractivity contribution in [3.8, 4) is 5.75 Å². The predicted molar refractivity (Wildman–Crippen MR) is 132 cm³/mol. The number of anilines is 1. The van der Waals surface area contributed by atoms with E-state index in [-0.39, 0.29) is 17.9 Å². The standard InChI is InChI=1S/C26H30N4O2S/c1-18-4-10-23(11-5-18)33-26-24(27-14-15-28-26)30-16-12-21(13-17-30)25(31)29-19(2)20-6-8-22(32-3)9-7-20/h4-11,14-15,19,21H,12-13,16-17H2,1-3H3,(H,29,31). The average molecular weight is 463 g/mol. The number of amides is 1. The van der Waals surface area contributed by atoms with Gasteiger partial charge in [0.25, 0.3) is 0 Å². The van der Waals surface area contributed by atoms with Crippen molar-refractivity contribution in [3.05, 3.63) is 72.1 Å². The minimum Gasteiger partial charge on any atom is -0.497 e. The molecule has 3 aromatic rings. The highest BCUT2D eigenvalue weighted by molar-refractivity contribution is 7.99. The van der Waals surface area contributed by atoms with E-state index in [2.05, 4.69) is 51.4 Å². The smallest absolute Gasteiger partial charge is 0.223 e. The van der Waals surface area contributed by atoms with Gasteiger partial charge in [0.1, 0.15) is 10.8 Å². The summed E-state index contributed by atoms with van der Waals surface area (Å²) in [7, 11) is 1.65. The fourth-order valence-corrected chi connectivity index (χ4v) is 4.87. The lowest BCUT2D eigenvalue weighted by atomic mass is 9.95. The Bertz CT molecular complexity index is 1060. The fourth-order valence-electron chi connectivity index (χ4n) is 3.99. The third kappa shape index (κ3) is 5.85. The Balaban J connectivity index is 1.34. The van der Waals surface area contributed by atoms with Crippen molar-refractivity contribution in [2.45, 2.75) is 42.7 Å². The number of piperidine rings is 1. The summed E-state index contributed by atoms with van der Waals surface area (Å²) in [5, 5.41) is 4.08. The zero-order chi connectivity index (χ0) is 23.2. The van der Waals surface area contributed by atoms with Gasteiger partial charge in [0.15, 0.2) is 5.82 Å². The molecule has 4 rings (SSSR count). The van der Waals surface area contributed by atoms with E-state index in [9.17, 15) is 4.79 Å². The molecule has 1 N–H and O–H groups in total. The van der Waals surface area contributed by atoms with Crippen LogP contribution in [0.3, 0.4) is 0 Å². The molecule has 7 heteroatoms. The second-order valence-corrected chi connectivity index (χ2v) is 9.43. The summed E-state index contributed by atoms with van der Waals surface area (Å²) >= 11 is 1.63. The number of hydrogen-bond donors (Lipinski definition) is 1. The first kappa shape index (κ1) is 23.1. The highest BCUT2D eigenvalue weighted by Crippen LogP contribution is 2.34. The van der Waals surface area contributed by atoms with E-state index in [0.29, 0.717) is 0 Å². The second kappa shape index (κ2) is 10.7. The largest absolute Gasteiger partial charge is 0.497 e. The molecule has 6 nitrogen and oxygen atoms in total. The van der Waals surface area contributed by atoms with Gasteiger partial charge >= 0.3 is 0 Å². The number of benzene rings is 2. The quantitative estimate of drug-likeness (QED) is 0.531. The van der Waals surface area contributed by atoms with Gasteiger partial charge in [-0.1, -0.05) is 41.6 Å². The van der Waals surface area contributed by atoms with E-state index in [1.165, 1.54) is 5.56 Å². The molecular weight excluding hydrogens is 432 g/mol. The van der Waals surface area contributed by atoms with Gasteiger partial charge in [-0.3, -0.25) is 4.79 Å². The molecule has 33 heavy (non-hydrogen) atoms. The van der Waals surface area contributed by atoms with Gasteiger partial charge in [-0.25, -0.2) is 9.97 Å². The molecule has 0 spiro atoms. The molecule has 1 aromatic heterocycles. The topological polar surface area (TPSA) is 67.3 Å². The summed E-state index contributed by atoms with van der Waals surface area (Å²) in [4.78, 5) is 25.5. The number of aryl methyl sites for hydroxylation is 1. The van der Waals surface area contributed by atoms with Crippen LogP contribution in [-0.2, 0) is 4.79 Å². The lowest BCUT2D eigenvalue weighted by Crippen LogP contribution is -2.41. The van der Waals surface area contributed by atoms with Crippen molar-refractivity contribution in [1.82, 2.24) is 15.3 Å². The van der Waals surface area contributed by atoms with E-state index in [0.717, 1.165) is 53.0 Å². The van der Waals surface area contributed by atoms with Crippen molar-refractivity contribution in [2.75, 3.05) is 25.1 Å². The summed E-state index contributed by atoms with van der Waals surface area (Å²) in [5.41, 5.74) is 2.30. The molecule has 2 aromatic carbocycles. The van der Waals surface area contributed by atoms with Crippen LogP contribution in [0.15, 0.2) is 70.8 Å². The van der Waals surface area contributed by atoms with Crippen LogP contribution < -0.4 is 15.0 Å². The van der Waals surface area contributed by atoms with E-state index in [1.54, 1.807) is 31.3 Å². The van der Waals surface area contributed by atoms with Gasteiger partial charge < -0.3 is 15.0 Å². The molecule has 0 radical (unpaired) electrons. The first-order valence-electron chi connectivity index (χ1n) is 11.3. The summed E-state index contributed by atoms with van der Waals surface area (Å²) in [5.74, 6) is 1.83. The Hall–Kier alpha value is -3.06. The fraction of sp³-hybridized carbons (Fsp3) is 0.346. The van der Waals surface area contributed by atoms with Crippen LogP contribution in [0, 0.1) is 12.8 Å². The normalized spacial score (nSPS) is 15.2. The SMILES string of the molecule is COc1ccc(C(C)NC(=O)C2CCN(c3nccnc3Sc3ccc(C)cc3)CC2)cc1. The predicted octanol–water partition coefficient (Wildman–Crippen LogP) is 5.04. The zero-order valence-electron chi connectivity index (χ0n) is 19.3. The maximum atomic E-state index is 12.9. The molecule has 0 bridgehead atoms. The van der Waals surface area contributed by atoms with Crippen LogP contribution in [0.4, 0.5) is 5.82 Å². The highest BCUT2D eigenvalue weighted by Gasteiger charge is 2.28. The number of carbonyl (C=O) groups is 1. The summed E-state index contributed by atoms with van der Waals surface area (Å²) in [6, 6.07) is 16.2. The lowest BCUT2D eigenvalue weighted by molar-refractivity contribution is -0.126. The monoisotopic (exact) mass is 462 g/mol. The molecule has 1 atom stereocenters. The first-order chi connectivity index (χ1) is 16.0. The third-order valence-electron chi connectivity index (χ3n) is 6.02. The Kier molecular flexibility index (Phi) is 7.50. The van der Waals surface area contributed by atoms with Crippen LogP contribution in [0.1, 0.15) is 36.9 Å².